The molecule has 1 aromatic rings. The number of nitrogens with two attached hydrogens (primary N) is 1. The molecule has 0 aliphatic heterocycles. The third-order valence-electron chi connectivity index (χ3n) is 3.73. The second-order valence-corrected chi connectivity index (χ2v) is 4.96. The Bertz CT molecular complexity index is 416. The molecule has 2 rings (SSSR count). The Morgan fingerprint density at radius 2 is 2.05 bits per heavy atom. The van der Waals surface area contributed by atoms with E-state index in [9.17, 15) is 4.79 Å². The summed E-state index contributed by atoms with van der Waals surface area (Å²) in [5.41, 5.74) is 7.36. The van der Waals surface area contributed by atoms with Crippen LogP contribution in [0.4, 0.5) is 0 Å². The summed E-state index contributed by atoms with van der Waals surface area (Å²) in [7, 11) is 1.38. The van der Waals surface area contributed by atoms with Crippen LogP contribution in [0.2, 0.25) is 0 Å². The smallest absolute Gasteiger partial charge is 0.337 e. The number of hydrogen-bond acceptors (Lipinski definition) is 4. The first-order chi connectivity index (χ1) is 9.24. The van der Waals surface area contributed by atoms with Gasteiger partial charge in [-0.1, -0.05) is 18.6 Å². The molecule has 4 nitrogen and oxygen atoms in total. The number of ether oxygens (including phenoxy) is 2. The number of benzene rings is 1. The first-order valence-corrected chi connectivity index (χ1v) is 6.73. The summed E-state index contributed by atoms with van der Waals surface area (Å²) < 4.78 is 10.6. The predicted octanol–water partition coefficient (Wildman–Crippen LogP) is 2.12. The van der Waals surface area contributed by atoms with E-state index in [1.165, 1.54) is 20.0 Å². The average Bonchev–Trinajstić information content (AvgIpc) is 2.92. The van der Waals surface area contributed by atoms with Gasteiger partial charge in [-0.15, -0.1) is 0 Å². The van der Waals surface area contributed by atoms with Gasteiger partial charge in [-0.2, -0.15) is 0 Å². The average molecular weight is 263 g/mol. The van der Waals surface area contributed by atoms with Crippen LogP contribution in [0.3, 0.4) is 0 Å². The fourth-order valence-electron chi connectivity index (χ4n) is 2.55. The van der Waals surface area contributed by atoms with E-state index in [1.807, 2.05) is 12.1 Å². The van der Waals surface area contributed by atoms with Crippen molar-refractivity contribution in [3.8, 4) is 0 Å². The first-order valence-electron chi connectivity index (χ1n) is 6.73. The molecule has 0 saturated heterocycles. The van der Waals surface area contributed by atoms with Gasteiger partial charge in [0.15, 0.2) is 0 Å². The molecule has 0 aromatic heterocycles. The highest BCUT2D eigenvalue weighted by Gasteiger charge is 2.26. The lowest BCUT2D eigenvalue weighted by Crippen LogP contribution is -2.25. The zero-order chi connectivity index (χ0) is 13.7. The molecule has 2 unspecified atom stereocenters. The van der Waals surface area contributed by atoms with Gasteiger partial charge in [0.1, 0.15) is 0 Å². The van der Waals surface area contributed by atoms with Crippen LogP contribution in [-0.2, 0) is 16.1 Å². The normalized spacial score (nSPS) is 22.4. The Balaban J connectivity index is 1.88. The largest absolute Gasteiger partial charge is 0.465 e. The van der Waals surface area contributed by atoms with Crippen LogP contribution >= 0.6 is 0 Å². The quantitative estimate of drug-likeness (QED) is 0.827. The van der Waals surface area contributed by atoms with Gasteiger partial charge in [0.25, 0.3) is 0 Å². The van der Waals surface area contributed by atoms with Gasteiger partial charge in [-0.25, -0.2) is 4.79 Å². The number of esters is 1. The second kappa shape index (κ2) is 6.68. The Morgan fingerprint density at radius 3 is 2.68 bits per heavy atom. The predicted molar refractivity (Wildman–Crippen MR) is 72.8 cm³/mol. The van der Waals surface area contributed by atoms with Crippen molar-refractivity contribution in [3.63, 3.8) is 0 Å². The van der Waals surface area contributed by atoms with E-state index < -0.39 is 0 Å². The molecule has 2 atom stereocenters. The maximum absolute atomic E-state index is 11.3. The zero-order valence-corrected chi connectivity index (χ0v) is 11.3. The lowest BCUT2D eigenvalue weighted by atomic mass is 10.1. The summed E-state index contributed by atoms with van der Waals surface area (Å²) in [4.78, 5) is 11.3. The molecule has 1 aliphatic rings. The van der Waals surface area contributed by atoms with Crippen LogP contribution in [0.1, 0.15) is 35.2 Å². The van der Waals surface area contributed by atoms with Crippen molar-refractivity contribution < 1.29 is 14.3 Å². The standard InChI is InChI=1S/C15H21NO3/c1-18-15(17)12-7-5-11(6-8-12)10-19-14-4-2-3-13(14)9-16/h5-8,13-14H,2-4,9-10,16H2,1H3. The van der Waals surface area contributed by atoms with Crippen molar-refractivity contribution >= 4 is 5.97 Å². The molecule has 0 bridgehead atoms. The summed E-state index contributed by atoms with van der Waals surface area (Å²) in [5, 5.41) is 0. The van der Waals surface area contributed by atoms with Gasteiger partial charge in [-0.05, 0) is 43.0 Å². The molecule has 104 valence electrons. The molecular weight excluding hydrogens is 242 g/mol. The fourth-order valence-corrected chi connectivity index (χ4v) is 2.55. The monoisotopic (exact) mass is 263 g/mol. The molecule has 1 aromatic carbocycles. The van der Waals surface area contributed by atoms with Gasteiger partial charge in [0.05, 0.1) is 25.4 Å². The highest BCUT2D eigenvalue weighted by molar-refractivity contribution is 5.89. The van der Waals surface area contributed by atoms with Crippen molar-refractivity contribution in [2.75, 3.05) is 13.7 Å². The molecule has 1 aliphatic carbocycles. The van der Waals surface area contributed by atoms with Gasteiger partial charge in [-0.3, -0.25) is 0 Å². The first kappa shape index (κ1) is 14.0. The molecule has 0 amide bonds. The van der Waals surface area contributed by atoms with Crippen LogP contribution < -0.4 is 5.73 Å². The molecular formula is C15H21NO3. The number of rotatable bonds is 5. The van der Waals surface area contributed by atoms with Crippen LogP contribution in [0.25, 0.3) is 0 Å². The second-order valence-electron chi connectivity index (χ2n) is 4.96. The molecule has 0 heterocycles. The molecule has 19 heavy (non-hydrogen) atoms. The maximum Gasteiger partial charge on any atom is 0.337 e. The van der Waals surface area contributed by atoms with Crippen LogP contribution in [0, 0.1) is 5.92 Å². The highest BCUT2D eigenvalue weighted by atomic mass is 16.5. The summed E-state index contributed by atoms with van der Waals surface area (Å²) >= 11 is 0. The minimum atomic E-state index is -0.313. The topological polar surface area (TPSA) is 61.5 Å². The Labute approximate surface area is 113 Å². The Kier molecular flexibility index (Phi) is 4.93. The number of carbonyl (C=O) groups is 1. The fraction of sp³-hybridized carbons (Fsp3) is 0.533. The van der Waals surface area contributed by atoms with Crippen LogP contribution in [-0.4, -0.2) is 25.7 Å². The highest BCUT2D eigenvalue weighted by Crippen LogP contribution is 2.28. The summed E-state index contributed by atoms with van der Waals surface area (Å²) in [6.07, 6.45) is 3.75. The molecule has 1 fully saturated rings. The van der Waals surface area contributed by atoms with Gasteiger partial charge in [0.2, 0.25) is 0 Å². The molecule has 1 saturated carbocycles. The minimum Gasteiger partial charge on any atom is -0.465 e. The van der Waals surface area contributed by atoms with E-state index in [2.05, 4.69) is 4.74 Å². The van der Waals surface area contributed by atoms with Gasteiger partial charge < -0.3 is 15.2 Å². The van der Waals surface area contributed by atoms with E-state index in [-0.39, 0.29) is 12.1 Å². The molecule has 0 spiro atoms. The van der Waals surface area contributed by atoms with Gasteiger partial charge >= 0.3 is 5.97 Å². The van der Waals surface area contributed by atoms with Crippen LogP contribution in [0.5, 0.6) is 0 Å². The van der Waals surface area contributed by atoms with Gasteiger partial charge in [0, 0.05) is 0 Å². The lowest BCUT2D eigenvalue weighted by molar-refractivity contribution is 0.0182. The van der Waals surface area contributed by atoms with E-state index in [0.29, 0.717) is 24.6 Å². The number of hydrogen-bond donors (Lipinski definition) is 1. The molecule has 2 N–H and O–H groups in total. The maximum atomic E-state index is 11.3. The van der Waals surface area contributed by atoms with Crippen molar-refractivity contribution in [2.45, 2.75) is 32.0 Å². The Hall–Kier alpha value is -1.39. The lowest BCUT2D eigenvalue weighted by Gasteiger charge is -2.18. The van der Waals surface area contributed by atoms with E-state index >= 15 is 0 Å². The minimum absolute atomic E-state index is 0.283. The van der Waals surface area contributed by atoms with Crippen molar-refractivity contribution in [2.24, 2.45) is 11.7 Å². The van der Waals surface area contributed by atoms with E-state index in [4.69, 9.17) is 10.5 Å². The summed E-state index contributed by atoms with van der Waals surface area (Å²) in [6.45, 7) is 1.27. The third-order valence-corrected chi connectivity index (χ3v) is 3.73. The summed E-state index contributed by atoms with van der Waals surface area (Å²) in [5.74, 6) is 0.181. The Morgan fingerprint density at radius 1 is 1.32 bits per heavy atom. The van der Waals surface area contributed by atoms with Crippen molar-refractivity contribution in [1.82, 2.24) is 0 Å². The molecule has 4 heteroatoms. The van der Waals surface area contributed by atoms with E-state index in [0.717, 1.165) is 12.0 Å². The van der Waals surface area contributed by atoms with Crippen LogP contribution in [0.15, 0.2) is 24.3 Å². The van der Waals surface area contributed by atoms with E-state index in [1.54, 1.807) is 12.1 Å². The summed E-state index contributed by atoms with van der Waals surface area (Å²) in [6, 6.07) is 7.33. The SMILES string of the molecule is COC(=O)c1ccc(COC2CCCC2CN)cc1. The zero-order valence-electron chi connectivity index (χ0n) is 11.3. The number of methoxy groups -OCH3 is 1. The molecule has 0 radical (unpaired) electrons. The number of carbonyl (C=O) groups excluding carboxylic acids is 1. The van der Waals surface area contributed by atoms with Crippen molar-refractivity contribution in [3.05, 3.63) is 35.4 Å². The third kappa shape index (κ3) is 3.55. The van der Waals surface area contributed by atoms with Crippen molar-refractivity contribution in [1.29, 1.82) is 0 Å².